The lowest BCUT2D eigenvalue weighted by molar-refractivity contribution is 0.192. The summed E-state index contributed by atoms with van der Waals surface area (Å²) in [7, 11) is 0. The summed E-state index contributed by atoms with van der Waals surface area (Å²) in [4.78, 5) is 4.43. The third kappa shape index (κ3) is 3.24. The maximum Gasteiger partial charge on any atom is 0.138 e. The molecule has 1 saturated carbocycles. The number of fused-ring (bicyclic) bond motifs is 1. The molecular weight excluding hydrogens is 236 g/mol. The fourth-order valence-corrected chi connectivity index (χ4v) is 2.16. The molecular formula is C16H20N2O. The van der Waals surface area contributed by atoms with E-state index in [0.717, 1.165) is 35.7 Å². The van der Waals surface area contributed by atoms with Gasteiger partial charge in [-0.1, -0.05) is 25.1 Å². The highest BCUT2D eigenvalue weighted by Crippen LogP contribution is 2.21. The summed E-state index contributed by atoms with van der Waals surface area (Å²) in [6.45, 7) is 3.09. The van der Waals surface area contributed by atoms with Gasteiger partial charge in [0.25, 0.3) is 0 Å². The van der Waals surface area contributed by atoms with E-state index in [2.05, 4.69) is 29.4 Å². The molecule has 0 amide bonds. The van der Waals surface area contributed by atoms with Crippen molar-refractivity contribution in [2.24, 2.45) is 0 Å². The quantitative estimate of drug-likeness (QED) is 0.862. The minimum Gasteiger partial charge on any atom is -0.487 e. The highest BCUT2D eigenvalue weighted by Gasteiger charge is 2.21. The molecule has 1 unspecified atom stereocenters. The number of hydrogen-bond acceptors (Lipinski definition) is 3. The third-order valence-corrected chi connectivity index (χ3v) is 3.54. The number of para-hydroxylation sites is 1. The highest BCUT2D eigenvalue weighted by atomic mass is 16.5. The zero-order valence-corrected chi connectivity index (χ0v) is 11.3. The van der Waals surface area contributed by atoms with Crippen molar-refractivity contribution < 1.29 is 4.74 Å². The van der Waals surface area contributed by atoms with Gasteiger partial charge in [0.15, 0.2) is 0 Å². The fourth-order valence-electron chi connectivity index (χ4n) is 2.16. The van der Waals surface area contributed by atoms with Crippen LogP contribution in [0.15, 0.2) is 36.5 Å². The molecule has 100 valence electrons. The number of nitrogens with one attached hydrogen (secondary N) is 1. The van der Waals surface area contributed by atoms with E-state index in [-0.39, 0.29) is 6.10 Å². The van der Waals surface area contributed by atoms with Gasteiger partial charge < -0.3 is 10.1 Å². The molecule has 3 heteroatoms. The molecule has 1 aliphatic carbocycles. The largest absolute Gasteiger partial charge is 0.487 e. The molecule has 3 nitrogen and oxygen atoms in total. The molecule has 0 spiro atoms. The van der Waals surface area contributed by atoms with Crippen molar-refractivity contribution in [3.8, 4) is 5.75 Å². The van der Waals surface area contributed by atoms with Crippen LogP contribution in [-0.2, 0) is 0 Å². The molecule has 2 aromatic rings. The van der Waals surface area contributed by atoms with E-state index in [1.165, 1.54) is 12.8 Å². The normalized spacial score (nSPS) is 16.5. The molecule has 1 heterocycles. The SMILES string of the molecule is CCC(CNC1CC1)Oc1cnc2ccccc2c1. The van der Waals surface area contributed by atoms with Gasteiger partial charge in [-0.05, 0) is 31.4 Å². The van der Waals surface area contributed by atoms with Gasteiger partial charge in [0.05, 0.1) is 11.7 Å². The van der Waals surface area contributed by atoms with Crippen LogP contribution in [0.25, 0.3) is 10.9 Å². The maximum atomic E-state index is 6.02. The fraction of sp³-hybridized carbons (Fsp3) is 0.438. The Morgan fingerprint density at radius 2 is 2.21 bits per heavy atom. The second kappa shape index (κ2) is 5.57. The van der Waals surface area contributed by atoms with Gasteiger partial charge in [-0.25, -0.2) is 0 Å². The first-order valence-corrected chi connectivity index (χ1v) is 7.10. The Morgan fingerprint density at radius 3 is 3.00 bits per heavy atom. The van der Waals surface area contributed by atoms with E-state index in [1.807, 2.05) is 24.4 Å². The predicted molar refractivity (Wildman–Crippen MR) is 77.5 cm³/mol. The van der Waals surface area contributed by atoms with Crippen molar-refractivity contribution in [2.45, 2.75) is 38.3 Å². The third-order valence-electron chi connectivity index (χ3n) is 3.54. The summed E-state index contributed by atoms with van der Waals surface area (Å²) in [6.07, 6.45) is 5.68. The smallest absolute Gasteiger partial charge is 0.138 e. The van der Waals surface area contributed by atoms with Gasteiger partial charge in [0, 0.05) is 18.0 Å². The van der Waals surface area contributed by atoms with Crippen LogP contribution < -0.4 is 10.1 Å². The van der Waals surface area contributed by atoms with Crippen molar-refractivity contribution in [3.05, 3.63) is 36.5 Å². The van der Waals surface area contributed by atoms with Crippen molar-refractivity contribution >= 4 is 10.9 Å². The lowest BCUT2D eigenvalue weighted by Crippen LogP contribution is -2.32. The molecule has 1 fully saturated rings. The molecule has 19 heavy (non-hydrogen) atoms. The van der Waals surface area contributed by atoms with Crippen molar-refractivity contribution in [1.29, 1.82) is 0 Å². The first-order valence-electron chi connectivity index (χ1n) is 7.10. The number of benzene rings is 1. The Balaban J connectivity index is 1.67. The van der Waals surface area contributed by atoms with E-state index in [1.54, 1.807) is 0 Å². The summed E-state index contributed by atoms with van der Waals surface area (Å²) in [6, 6.07) is 10.9. The van der Waals surface area contributed by atoms with Gasteiger partial charge in [0.1, 0.15) is 11.9 Å². The van der Waals surface area contributed by atoms with Gasteiger partial charge in [-0.3, -0.25) is 4.98 Å². The number of pyridine rings is 1. The molecule has 0 bridgehead atoms. The van der Waals surface area contributed by atoms with Gasteiger partial charge in [0.2, 0.25) is 0 Å². The Bertz CT molecular complexity index is 551. The number of ether oxygens (including phenoxy) is 1. The Hall–Kier alpha value is -1.61. The second-order valence-corrected chi connectivity index (χ2v) is 5.19. The Labute approximate surface area is 114 Å². The highest BCUT2D eigenvalue weighted by molar-refractivity contribution is 5.79. The summed E-state index contributed by atoms with van der Waals surface area (Å²) in [5, 5.41) is 4.65. The lowest BCUT2D eigenvalue weighted by atomic mass is 10.2. The van der Waals surface area contributed by atoms with Crippen molar-refractivity contribution in [2.75, 3.05) is 6.54 Å². The molecule has 1 N–H and O–H groups in total. The molecule has 0 radical (unpaired) electrons. The lowest BCUT2D eigenvalue weighted by Gasteiger charge is -2.18. The van der Waals surface area contributed by atoms with E-state index < -0.39 is 0 Å². The molecule has 1 aromatic carbocycles. The first kappa shape index (κ1) is 12.4. The number of rotatable bonds is 6. The minimum absolute atomic E-state index is 0.226. The summed E-state index contributed by atoms with van der Waals surface area (Å²) in [5.74, 6) is 0.864. The Morgan fingerprint density at radius 1 is 1.37 bits per heavy atom. The van der Waals surface area contributed by atoms with E-state index in [9.17, 15) is 0 Å². The average Bonchev–Trinajstić information content (AvgIpc) is 3.27. The monoisotopic (exact) mass is 256 g/mol. The van der Waals surface area contributed by atoms with Crippen LogP contribution in [0.5, 0.6) is 5.75 Å². The van der Waals surface area contributed by atoms with Gasteiger partial charge in [-0.15, -0.1) is 0 Å². The van der Waals surface area contributed by atoms with Crippen LogP contribution in [0.1, 0.15) is 26.2 Å². The molecule has 1 atom stereocenters. The molecule has 0 saturated heterocycles. The van der Waals surface area contributed by atoms with Crippen LogP contribution in [-0.4, -0.2) is 23.7 Å². The number of hydrogen-bond donors (Lipinski definition) is 1. The van der Waals surface area contributed by atoms with Gasteiger partial charge in [-0.2, -0.15) is 0 Å². The van der Waals surface area contributed by atoms with Crippen molar-refractivity contribution in [3.63, 3.8) is 0 Å². The summed E-state index contributed by atoms with van der Waals surface area (Å²) in [5.41, 5.74) is 1.01. The molecule has 1 aromatic heterocycles. The molecule has 3 rings (SSSR count). The van der Waals surface area contributed by atoms with E-state index in [4.69, 9.17) is 4.74 Å². The van der Waals surface area contributed by atoms with Crippen LogP contribution in [0.3, 0.4) is 0 Å². The van der Waals surface area contributed by atoms with Crippen LogP contribution in [0.4, 0.5) is 0 Å². The van der Waals surface area contributed by atoms with Gasteiger partial charge >= 0.3 is 0 Å². The summed E-state index contributed by atoms with van der Waals surface area (Å²) < 4.78 is 6.02. The average molecular weight is 256 g/mol. The Kier molecular flexibility index (Phi) is 3.65. The van der Waals surface area contributed by atoms with Crippen LogP contribution in [0, 0.1) is 0 Å². The van der Waals surface area contributed by atoms with Crippen molar-refractivity contribution in [1.82, 2.24) is 10.3 Å². The maximum absolute atomic E-state index is 6.02. The van der Waals surface area contributed by atoms with Crippen LogP contribution in [0.2, 0.25) is 0 Å². The first-order chi connectivity index (χ1) is 9.35. The molecule has 1 aliphatic rings. The summed E-state index contributed by atoms with van der Waals surface area (Å²) >= 11 is 0. The zero-order chi connectivity index (χ0) is 13.1. The van der Waals surface area contributed by atoms with E-state index in [0.29, 0.717) is 0 Å². The topological polar surface area (TPSA) is 34.1 Å². The predicted octanol–water partition coefficient (Wildman–Crippen LogP) is 3.14. The second-order valence-electron chi connectivity index (χ2n) is 5.19. The number of nitrogens with zero attached hydrogens (tertiary/aromatic N) is 1. The number of aromatic nitrogens is 1. The van der Waals surface area contributed by atoms with Crippen LogP contribution >= 0.6 is 0 Å². The zero-order valence-electron chi connectivity index (χ0n) is 11.3. The minimum atomic E-state index is 0.226. The standard InChI is InChI=1S/C16H20N2O/c1-2-14(10-17-13-7-8-13)19-15-9-12-5-3-4-6-16(12)18-11-15/h3-6,9,11,13-14,17H,2,7-8,10H2,1H3. The van der Waals surface area contributed by atoms with E-state index >= 15 is 0 Å². The molecule has 0 aliphatic heterocycles.